The van der Waals surface area contributed by atoms with E-state index in [9.17, 15) is 4.39 Å². The van der Waals surface area contributed by atoms with Gasteiger partial charge in [0.05, 0.1) is 6.42 Å². The highest BCUT2D eigenvalue weighted by Crippen LogP contribution is 2.15. The van der Waals surface area contributed by atoms with Crippen molar-refractivity contribution in [2.75, 3.05) is 31.1 Å². The van der Waals surface area contributed by atoms with Gasteiger partial charge >= 0.3 is 6.01 Å². The topological polar surface area (TPSA) is 54.2 Å². The number of halogens is 1. The number of hydrogen-bond acceptors (Lipinski definition) is 5. The first-order valence-electron chi connectivity index (χ1n) is 6.34. The molecule has 1 aromatic heterocycles. The summed E-state index contributed by atoms with van der Waals surface area (Å²) in [5.74, 6) is 0.316. The van der Waals surface area contributed by atoms with Gasteiger partial charge in [0.2, 0.25) is 5.89 Å². The summed E-state index contributed by atoms with van der Waals surface area (Å²) in [6.45, 7) is 3.60. The largest absolute Gasteiger partial charge is 0.408 e. The van der Waals surface area contributed by atoms with Crippen LogP contribution in [0.1, 0.15) is 11.5 Å². The van der Waals surface area contributed by atoms with Gasteiger partial charge in [-0.05, 0) is 17.7 Å². The first-order chi connectivity index (χ1) is 9.31. The number of aromatic nitrogens is 2. The Morgan fingerprint density at radius 3 is 2.63 bits per heavy atom. The number of anilines is 1. The molecule has 0 aliphatic carbocycles. The molecule has 100 valence electrons. The molecule has 1 aliphatic heterocycles. The van der Waals surface area contributed by atoms with Gasteiger partial charge in [-0.1, -0.05) is 17.2 Å². The van der Waals surface area contributed by atoms with Crippen molar-refractivity contribution in [3.05, 3.63) is 41.5 Å². The van der Waals surface area contributed by atoms with Gasteiger partial charge in [0.1, 0.15) is 5.82 Å². The van der Waals surface area contributed by atoms with Crippen LogP contribution in [0, 0.1) is 5.82 Å². The number of nitrogens with one attached hydrogen (secondary N) is 1. The molecule has 0 saturated carbocycles. The summed E-state index contributed by atoms with van der Waals surface area (Å²) in [6, 6.07) is 6.89. The van der Waals surface area contributed by atoms with E-state index in [4.69, 9.17) is 4.42 Å². The average molecular weight is 262 g/mol. The van der Waals surface area contributed by atoms with Gasteiger partial charge in [-0.2, -0.15) is 0 Å². The number of piperazine rings is 1. The molecule has 1 N–H and O–H groups in total. The van der Waals surface area contributed by atoms with Gasteiger partial charge in [-0.25, -0.2) is 4.39 Å². The van der Waals surface area contributed by atoms with Crippen molar-refractivity contribution < 1.29 is 8.81 Å². The van der Waals surface area contributed by atoms with Crippen LogP contribution in [0.5, 0.6) is 0 Å². The normalized spacial score (nSPS) is 15.7. The average Bonchev–Trinajstić information content (AvgIpc) is 2.91. The molecule has 0 radical (unpaired) electrons. The zero-order valence-corrected chi connectivity index (χ0v) is 10.5. The maximum Gasteiger partial charge on any atom is 0.318 e. The Balaban J connectivity index is 1.68. The van der Waals surface area contributed by atoms with Crippen molar-refractivity contribution in [3.8, 4) is 0 Å². The molecule has 0 spiro atoms. The van der Waals surface area contributed by atoms with E-state index in [1.54, 1.807) is 12.1 Å². The molecule has 0 atom stereocenters. The molecule has 1 aliphatic rings. The number of rotatable bonds is 3. The standard InChI is InChI=1S/C13H15FN4O/c14-11-3-1-10(2-4-11)9-12-16-17-13(19-12)18-7-5-15-6-8-18/h1-4,15H,5-9H2. The first kappa shape index (κ1) is 12.1. The van der Waals surface area contributed by atoms with E-state index in [0.29, 0.717) is 18.3 Å². The third kappa shape index (κ3) is 2.90. The Labute approximate surface area is 110 Å². The van der Waals surface area contributed by atoms with E-state index in [0.717, 1.165) is 31.7 Å². The van der Waals surface area contributed by atoms with Crippen molar-refractivity contribution in [3.63, 3.8) is 0 Å². The second-order valence-corrected chi connectivity index (χ2v) is 4.52. The summed E-state index contributed by atoms with van der Waals surface area (Å²) < 4.78 is 18.4. The Morgan fingerprint density at radius 2 is 1.89 bits per heavy atom. The summed E-state index contributed by atoms with van der Waals surface area (Å²) >= 11 is 0. The monoisotopic (exact) mass is 262 g/mol. The van der Waals surface area contributed by atoms with Crippen LogP contribution >= 0.6 is 0 Å². The molecule has 0 bridgehead atoms. The van der Waals surface area contributed by atoms with Crippen molar-refractivity contribution in [1.29, 1.82) is 0 Å². The quantitative estimate of drug-likeness (QED) is 0.901. The summed E-state index contributed by atoms with van der Waals surface area (Å²) in [5, 5.41) is 11.4. The molecular weight excluding hydrogens is 247 g/mol. The van der Waals surface area contributed by atoms with E-state index in [2.05, 4.69) is 20.4 Å². The predicted octanol–water partition coefficient (Wildman–Crippen LogP) is 1.21. The minimum Gasteiger partial charge on any atom is -0.408 e. The van der Waals surface area contributed by atoms with Crippen molar-refractivity contribution in [2.24, 2.45) is 0 Å². The molecule has 19 heavy (non-hydrogen) atoms. The Morgan fingerprint density at radius 1 is 1.16 bits per heavy atom. The molecule has 2 heterocycles. The predicted molar refractivity (Wildman–Crippen MR) is 68.6 cm³/mol. The lowest BCUT2D eigenvalue weighted by Gasteiger charge is -2.24. The third-order valence-corrected chi connectivity index (χ3v) is 3.11. The van der Waals surface area contributed by atoms with Gasteiger partial charge in [-0.3, -0.25) is 0 Å². The maximum atomic E-state index is 12.8. The minimum absolute atomic E-state index is 0.240. The van der Waals surface area contributed by atoms with E-state index in [-0.39, 0.29) is 5.82 Å². The zero-order valence-electron chi connectivity index (χ0n) is 10.5. The van der Waals surface area contributed by atoms with Crippen LogP contribution < -0.4 is 10.2 Å². The van der Waals surface area contributed by atoms with Crippen LogP contribution in [-0.2, 0) is 6.42 Å². The summed E-state index contributed by atoms with van der Waals surface area (Å²) in [4.78, 5) is 2.07. The molecule has 2 aromatic rings. The molecule has 0 unspecified atom stereocenters. The fraction of sp³-hybridized carbons (Fsp3) is 0.385. The lowest BCUT2D eigenvalue weighted by molar-refractivity contribution is 0.472. The van der Waals surface area contributed by atoms with E-state index < -0.39 is 0 Å². The van der Waals surface area contributed by atoms with Gasteiger partial charge in [0.15, 0.2) is 0 Å². The summed E-state index contributed by atoms with van der Waals surface area (Å²) in [6.07, 6.45) is 0.527. The molecule has 6 heteroatoms. The number of benzene rings is 1. The fourth-order valence-electron chi connectivity index (χ4n) is 2.08. The highest BCUT2D eigenvalue weighted by Gasteiger charge is 2.16. The molecule has 1 aromatic carbocycles. The minimum atomic E-state index is -0.240. The lowest BCUT2D eigenvalue weighted by Crippen LogP contribution is -2.43. The van der Waals surface area contributed by atoms with Crippen molar-refractivity contribution >= 4 is 6.01 Å². The maximum absolute atomic E-state index is 12.8. The molecule has 1 saturated heterocycles. The van der Waals surface area contributed by atoms with Gasteiger partial charge in [0.25, 0.3) is 0 Å². The molecule has 5 nitrogen and oxygen atoms in total. The van der Waals surface area contributed by atoms with E-state index >= 15 is 0 Å². The highest BCUT2D eigenvalue weighted by molar-refractivity contribution is 5.26. The SMILES string of the molecule is Fc1ccc(Cc2nnc(N3CCNCC3)o2)cc1. The van der Waals surface area contributed by atoms with Gasteiger partial charge in [0, 0.05) is 26.2 Å². The highest BCUT2D eigenvalue weighted by atomic mass is 19.1. The van der Waals surface area contributed by atoms with Gasteiger partial charge in [-0.15, -0.1) is 5.10 Å². The van der Waals surface area contributed by atoms with Crippen LogP contribution in [0.4, 0.5) is 10.4 Å². The summed E-state index contributed by atoms with van der Waals surface area (Å²) in [7, 11) is 0. The zero-order chi connectivity index (χ0) is 13.1. The van der Waals surface area contributed by atoms with Crippen LogP contribution in [0.3, 0.4) is 0 Å². The van der Waals surface area contributed by atoms with Crippen LogP contribution in [0.2, 0.25) is 0 Å². The van der Waals surface area contributed by atoms with Gasteiger partial charge < -0.3 is 14.6 Å². The Bertz CT molecular complexity index is 534. The van der Waals surface area contributed by atoms with Crippen molar-refractivity contribution in [2.45, 2.75) is 6.42 Å². The number of nitrogens with zero attached hydrogens (tertiary/aromatic N) is 3. The molecule has 1 fully saturated rings. The van der Waals surface area contributed by atoms with Crippen molar-refractivity contribution in [1.82, 2.24) is 15.5 Å². The Hall–Kier alpha value is -1.95. The lowest BCUT2D eigenvalue weighted by atomic mass is 10.1. The van der Waals surface area contributed by atoms with Crippen LogP contribution in [0.25, 0.3) is 0 Å². The summed E-state index contributed by atoms with van der Waals surface area (Å²) in [5.41, 5.74) is 0.955. The third-order valence-electron chi connectivity index (χ3n) is 3.11. The fourth-order valence-corrected chi connectivity index (χ4v) is 2.08. The van der Waals surface area contributed by atoms with Crippen LogP contribution in [-0.4, -0.2) is 36.4 Å². The van der Waals surface area contributed by atoms with Crippen LogP contribution in [0.15, 0.2) is 28.7 Å². The smallest absolute Gasteiger partial charge is 0.318 e. The molecule has 0 amide bonds. The van der Waals surface area contributed by atoms with E-state index in [1.807, 2.05) is 0 Å². The second kappa shape index (κ2) is 5.36. The molecule has 3 rings (SSSR count). The van der Waals surface area contributed by atoms with E-state index in [1.165, 1.54) is 12.1 Å². The second-order valence-electron chi connectivity index (χ2n) is 4.52. The molecular formula is C13H15FN4O. The Kier molecular flexibility index (Phi) is 3.41. The first-order valence-corrected chi connectivity index (χ1v) is 6.34. The number of hydrogen-bond donors (Lipinski definition) is 1.